The van der Waals surface area contributed by atoms with Gasteiger partial charge in [0, 0.05) is 0 Å². The smallest absolute Gasteiger partial charge is 0.261 e. The van der Waals surface area contributed by atoms with Crippen LogP contribution in [-0.2, 0) is 9.59 Å². The van der Waals surface area contributed by atoms with Gasteiger partial charge in [0.25, 0.3) is 11.8 Å². The normalized spacial score (nSPS) is 20.7. The van der Waals surface area contributed by atoms with E-state index >= 15 is 0 Å². The van der Waals surface area contributed by atoms with Crippen molar-refractivity contribution in [1.29, 1.82) is 0 Å². The van der Waals surface area contributed by atoms with Crippen molar-refractivity contribution in [2.24, 2.45) is 11.8 Å². The first kappa shape index (κ1) is 18.2. The Morgan fingerprint density at radius 2 is 1.83 bits per heavy atom. The van der Waals surface area contributed by atoms with Gasteiger partial charge in [-0.05, 0) is 50.0 Å². The van der Waals surface area contributed by atoms with Crippen molar-refractivity contribution in [2.75, 3.05) is 6.61 Å². The number of hydroxylamine groups is 2. The fraction of sp³-hybridized carbons (Fsp3) is 0.474. The van der Waals surface area contributed by atoms with E-state index in [2.05, 4.69) is 0 Å². The Kier molecular flexibility index (Phi) is 5.78. The first-order chi connectivity index (χ1) is 11.3. The van der Waals surface area contributed by atoms with Crippen molar-refractivity contribution < 1.29 is 19.5 Å². The van der Waals surface area contributed by atoms with Crippen molar-refractivity contribution in [3.8, 4) is 5.75 Å². The minimum atomic E-state index is -0.628. The second-order valence-corrected chi connectivity index (χ2v) is 6.86. The van der Waals surface area contributed by atoms with Gasteiger partial charge in [0.15, 0.2) is 0 Å². The Bertz CT molecular complexity index is 629. The molecule has 2 atom stereocenters. The number of benzene rings is 1. The van der Waals surface area contributed by atoms with E-state index in [-0.39, 0.29) is 11.0 Å². The van der Waals surface area contributed by atoms with E-state index in [0.29, 0.717) is 18.8 Å². The zero-order valence-corrected chi connectivity index (χ0v) is 14.7. The minimum Gasteiger partial charge on any atom is -0.490 e. The van der Waals surface area contributed by atoms with Crippen LogP contribution in [0.25, 0.3) is 0 Å². The highest BCUT2D eigenvalue weighted by Crippen LogP contribution is 2.38. The molecule has 1 heterocycles. The minimum absolute atomic E-state index is 0.257. The topological polar surface area (TPSA) is 66.8 Å². The Hall–Kier alpha value is -2.14. The van der Waals surface area contributed by atoms with E-state index in [1.165, 1.54) is 5.57 Å². The van der Waals surface area contributed by atoms with Crippen LogP contribution < -0.4 is 4.74 Å². The Morgan fingerprint density at radius 3 is 2.38 bits per heavy atom. The van der Waals surface area contributed by atoms with Gasteiger partial charge in [0.2, 0.25) is 0 Å². The first-order valence-electron chi connectivity index (χ1n) is 8.24. The van der Waals surface area contributed by atoms with Crippen molar-refractivity contribution in [2.45, 2.75) is 40.0 Å². The van der Waals surface area contributed by atoms with Crippen molar-refractivity contribution >= 4 is 11.8 Å². The highest BCUT2D eigenvalue weighted by Gasteiger charge is 2.48. The molecule has 24 heavy (non-hydrogen) atoms. The molecule has 0 saturated carbocycles. The van der Waals surface area contributed by atoms with Crippen molar-refractivity contribution in [1.82, 2.24) is 5.06 Å². The molecule has 5 nitrogen and oxygen atoms in total. The molecule has 0 aromatic heterocycles. The van der Waals surface area contributed by atoms with Crippen LogP contribution in [0.1, 0.15) is 45.6 Å². The summed E-state index contributed by atoms with van der Waals surface area (Å²) in [6.45, 7) is 8.49. The highest BCUT2D eigenvalue weighted by molar-refractivity contribution is 6.06. The van der Waals surface area contributed by atoms with E-state index in [0.717, 1.165) is 5.56 Å². The molecule has 1 aliphatic heterocycles. The molecular formula is C19H25NO4. The molecule has 0 aliphatic carbocycles. The molecule has 5 heteroatoms. The largest absolute Gasteiger partial charge is 0.490 e. The lowest BCUT2D eigenvalue weighted by Crippen LogP contribution is -2.27. The Morgan fingerprint density at radius 1 is 1.21 bits per heavy atom. The molecule has 1 fully saturated rings. The summed E-state index contributed by atoms with van der Waals surface area (Å²) in [4.78, 5) is 24.4. The van der Waals surface area contributed by atoms with E-state index in [4.69, 9.17) is 4.74 Å². The van der Waals surface area contributed by atoms with E-state index in [1.807, 2.05) is 33.8 Å². The predicted molar refractivity (Wildman–Crippen MR) is 90.7 cm³/mol. The summed E-state index contributed by atoms with van der Waals surface area (Å²) in [7, 11) is 0. The van der Waals surface area contributed by atoms with E-state index in [9.17, 15) is 14.8 Å². The number of hydrogen-bond acceptors (Lipinski definition) is 4. The van der Waals surface area contributed by atoms with Crippen LogP contribution >= 0.6 is 0 Å². The summed E-state index contributed by atoms with van der Waals surface area (Å²) < 4.78 is 5.61. The molecule has 2 amide bonds. The maximum absolute atomic E-state index is 12.3. The van der Waals surface area contributed by atoms with Gasteiger partial charge in [-0.1, -0.05) is 31.6 Å². The maximum Gasteiger partial charge on any atom is 0.261 e. The Balaban J connectivity index is 2.17. The number of allylic oxidation sites excluding steroid dienone is 1. The first-order valence-corrected chi connectivity index (χ1v) is 8.24. The van der Waals surface area contributed by atoms with Gasteiger partial charge in [-0.25, -0.2) is 0 Å². The zero-order chi connectivity index (χ0) is 17.9. The average Bonchev–Trinajstić information content (AvgIpc) is 2.72. The molecule has 130 valence electrons. The van der Waals surface area contributed by atoms with Crippen molar-refractivity contribution in [3.63, 3.8) is 0 Å². The second-order valence-electron chi connectivity index (χ2n) is 6.86. The summed E-state index contributed by atoms with van der Waals surface area (Å²) in [5, 5.41) is 9.98. The third-order valence-corrected chi connectivity index (χ3v) is 4.11. The van der Waals surface area contributed by atoms with Crippen LogP contribution in [0.5, 0.6) is 5.75 Å². The number of amides is 2. The lowest BCUT2D eigenvalue weighted by atomic mass is 9.83. The Labute approximate surface area is 142 Å². The van der Waals surface area contributed by atoms with E-state index in [1.54, 1.807) is 24.3 Å². The predicted octanol–water partition coefficient (Wildman–Crippen LogP) is 3.54. The highest BCUT2D eigenvalue weighted by atomic mass is 16.5. The number of rotatable bonds is 6. The molecule has 0 spiro atoms. The van der Waals surface area contributed by atoms with Crippen LogP contribution in [0.2, 0.25) is 0 Å². The van der Waals surface area contributed by atoms with Crippen LogP contribution in [-0.4, -0.2) is 28.7 Å². The van der Waals surface area contributed by atoms with Gasteiger partial charge >= 0.3 is 0 Å². The number of hydrogen-bond donors (Lipinski definition) is 1. The molecule has 1 N–H and O–H groups in total. The number of nitrogens with zero attached hydrogens (tertiary/aromatic N) is 1. The third-order valence-electron chi connectivity index (χ3n) is 4.11. The van der Waals surface area contributed by atoms with Gasteiger partial charge in [0.05, 0.1) is 11.8 Å². The number of imide groups is 1. The summed E-state index contributed by atoms with van der Waals surface area (Å²) in [5.41, 5.74) is 1.91. The molecule has 1 aliphatic rings. The second kappa shape index (κ2) is 7.62. The molecule has 0 radical (unpaired) electrons. The number of ether oxygens (including phenoxy) is 1. The molecule has 1 aromatic carbocycles. The SMILES string of the molecule is CC(C)=CCOc1ccc([C@H]2C(=O)N(O)C(=O)[C@H]2CC(C)C)cc1. The summed E-state index contributed by atoms with van der Waals surface area (Å²) >= 11 is 0. The number of carbonyl (C=O) groups excluding carboxylic acids is 2. The monoisotopic (exact) mass is 331 g/mol. The fourth-order valence-electron chi connectivity index (χ4n) is 2.91. The van der Waals surface area contributed by atoms with Gasteiger partial charge in [-0.3, -0.25) is 14.8 Å². The standard InChI is InChI=1S/C19H25NO4/c1-12(2)9-10-24-15-7-5-14(6-8-15)17-16(11-13(3)4)18(21)20(23)19(17)22/h5-9,13,16-17,23H,10-11H2,1-4H3/t16-,17+/m0/s1. The molecule has 2 rings (SSSR count). The fourth-order valence-corrected chi connectivity index (χ4v) is 2.91. The zero-order valence-electron chi connectivity index (χ0n) is 14.7. The summed E-state index contributed by atoms with van der Waals surface area (Å²) in [5.74, 6) is -1.25. The maximum atomic E-state index is 12.3. The average molecular weight is 331 g/mol. The molecule has 1 aromatic rings. The molecular weight excluding hydrogens is 306 g/mol. The van der Waals surface area contributed by atoms with Crippen LogP contribution in [0.3, 0.4) is 0 Å². The number of carbonyl (C=O) groups is 2. The summed E-state index contributed by atoms with van der Waals surface area (Å²) in [6, 6.07) is 7.16. The molecule has 1 saturated heterocycles. The van der Waals surface area contributed by atoms with Crippen LogP contribution in [0.15, 0.2) is 35.9 Å². The molecule has 0 bridgehead atoms. The van der Waals surface area contributed by atoms with Gasteiger partial charge in [0.1, 0.15) is 12.4 Å². The van der Waals surface area contributed by atoms with Gasteiger partial charge in [-0.15, -0.1) is 0 Å². The van der Waals surface area contributed by atoms with Crippen LogP contribution in [0.4, 0.5) is 0 Å². The van der Waals surface area contributed by atoms with E-state index < -0.39 is 23.7 Å². The molecule has 0 unspecified atom stereocenters. The van der Waals surface area contributed by atoms with Gasteiger partial charge < -0.3 is 4.74 Å². The van der Waals surface area contributed by atoms with Crippen LogP contribution in [0, 0.1) is 11.8 Å². The summed E-state index contributed by atoms with van der Waals surface area (Å²) in [6.07, 6.45) is 2.54. The van der Waals surface area contributed by atoms with Gasteiger partial charge in [-0.2, -0.15) is 5.06 Å². The lowest BCUT2D eigenvalue weighted by molar-refractivity contribution is -0.172. The third kappa shape index (κ3) is 4.03. The quantitative estimate of drug-likeness (QED) is 0.492. The lowest BCUT2D eigenvalue weighted by Gasteiger charge is -2.17. The van der Waals surface area contributed by atoms with Crippen molar-refractivity contribution in [3.05, 3.63) is 41.5 Å².